The molecule has 2 N–H and O–H groups in total. The van der Waals surface area contributed by atoms with Crippen LogP contribution in [0.3, 0.4) is 0 Å². The quantitative estimate of drug-likeness (QED) is 0.581. The Morgan fingerprint density at radius 2 is 1.59 bits per heavy atom. The van der Waals surface area contributed by atoms with Gasteiger partial charge in [-0.15, -0.1) is 0 Å². The molecule has 0 aliphatic heterocycles. The van der Waals surface area contributed by atoms with Crippen molar-refractivity contribution in [3.05, 3.63) is 101 Å². The van der Waals surface area contributed by atoms with E-state index in [1.54, 1.807) is 55.5 Å². The Morgan fingerprint density at radius 3 is 2.31 bits per heavy atom. The Balaban J connectivity index is 1.65. The minimum Gasteiger partial charge on any atom is -0.324 e. The molecule has 0 aromatic heterocycles. The van der Waals surface area contributed by atoms with Gasteiger partial charge < -0.3 is 10.6 Å². The highest BCUT2D eigenvalue weighted by Crippen LogP contribution is 2.20. The summed E-state index contributed by atoms with van der Waals surface area (Å²) in [6.07, 6.45) is 0. The van der Waals surface area contributed by atoms with E-state index in [2.05, 4.69) is 10.6 Å². The van der Waals surface area contributed by atoms with Crippen LogP contribution in [0, 0.1) is 11.6 Å². The molecule has 0 spiro atoms. The number of anilines is 1. The minimum absolute atomic E-state index is 0.0615. The topological polar surface area (TPSA) is 58.2 Å². The largest absolute Gasteiger partial charge is 0.324 e. The minimum atomic E-state index is -0.936. The second-order valence-corrected chi connectivity index (χ2v) is 6.57. The van der Waals surface area contributed by atoms with Gasteiger partial charge in [0.2, 0.25) is 5.91 Å². The fraction of sp³-hybridized carbons (Fsp3) is 0.130. The zero-order chi connectivity index (χ0) is 20.8. The lowest BCUT2D eigenvalue weighted by molar-refractivity contribution is -0.115. The van der Waals surface area contributed by atoms with Gasteiger partial charge in [-0.05, 0) is 36.8 Å². The average Bonchev–Trinajstić information content (AvgIpc) is 2.74. The zero-order valence-electron chi connectivity index (χ0n) is 15.8. The highest BCUT2D eigenvalue weighted by Gasteiger charge is 2.15. The molecule has 0 bridgehead atoms. The van der Waals surface area contributed by atoms with E-state index in [1.165, 1.54) is 6.07 Å². The number of rotatable bonds is 7. The van der Waals surface area contributed by atoms with E-state index in [1.807, 2.05) is 6.07 Å². The molecule has 1 atom stereocenters. The first kappa shape index (κ1) is 20.4. The molecule has 0 saturated heterocycles. The van der Waals surface area contributed by atoms with Crippen LogP contribution in [-0.4, -0.2) is 18.2 Å². The first-order chi connectivity index (χ1) is 14.0. The van der Waals surface area contributed by atoms with Crippen molar-refractivity contribution in [3.8, 4) is 0 Å². The van der Waals surface area contributed by atoms with E-state index in [9.17, 15) is 18.4 Å². The maximum Gasteiger partial charge on any atom is 0.238 e. The lowest BCUT2D eigenvalue weighted by atomic mass is 10.0. The van der Waals surface area contributed by atoms with Crippen molar-refractivity contribution in [2.24, 2.45) is 0 Å². The molecule has 3 aromatic carbocycles. The van der Waals surface area contributed by atoms with Crippen LogP contribution in [0.1, 0.15) is 34.5 Å². The predicted octanol–water partition coefficient (Wildman–Crippen LogP) is 4.49. The molecule has 0 saturated carbocycles. The molecule has 1 amide bonds. The molecule has 0 fully saturated rings. The Hall–Kier alpha value is -3.38. The number of hydrogen-bond acceptors (Lipinski definition) is 3. The Bertz CT molecular complexity index is 1020. The number of carbonyl (C=O) groups excluding carboxylic acids is 2. The van der Waals surface area contributed by atoms with Gasteiger partial charge in [0.1, 0.15) is 0 Å². The summed E-state index contributed by atoms with van der Waals surface area (Å²) in [6, 6.07) is 18.8. The molecule has 0 aliphatic carbocycles. The molecule has 0 aliphatic rings. The molecule has 0 heterocycles. The van der Waals surface area contributed by atoms with Crippen LogP contribution in [0.15, 0.2) is 72.8 Å². The Labute approximate surface area is 167 Å². The molecule has 0 radical (unpaired) electrons. The van der Waals surface area contributed by atoms with Crippen LogP contribution < -0.4 is 10.6 Å². The lowest BCUT2D eigenvalue weighted by Crippen LogP contribution is -2.30. The highest BCUT2D eigenvalue weighted by molar-refractivity contribution is 6.13. The van der Waals surface area contributed by atoms with Gasteiger partial charge in [-0.2, -0.15) is 0 Å². The number of halogens is 2. The lowest BCUT2D eigenvalue weighted by Gasteiger charge is -2.15. The van der Waals surface area contributed by atoms with Gasteiger partial charge in [-0.1, -0.05) is 48.5 Å². The third-order valence-electron chi connectivity index (χ3n) is 4.49. The van der Waals surface area contributed by atoms with Gasteiger partial charge in [0.25, 0.3) is 0 Å². The third-order valence-corrected chi connectivity index (χ3v) is 4.49. The Kier molecular flexibility index (Phi) is 6.46. The molecular formula is C23H20F2N2O2. The number of para-hydroxylation sites is 1. The fourth-order valence-electron chi connectivity index (χ4n) is 2.87. The van der Waals surface area contributed by atoms with E-state index in [0.717, 1.165) is 12.1 Å². The van der Waals surface area contributed by atoms with E-state index in [4.69, 9.17) is 0 Å². The molecular weight excluding hydrogens is 374 g/mol. The smallest absolute Gasteiger partial charge is 0.238 e. The number of benzene rings is 3. The molecule has 0 unspecified atom stereocenters. The van der Waals surface area contributed by atoms with E-state index < -0.39 is 11.6 Å². The summed E-state index contributed by atoms with van der Waals surface area (Å²) in [5.41, 5.74) is 1.85. The van der Waals surface area contributed by atoms with Crippen LogP contribution >= 0.6 is 0 Å². The fourth-order valence-corrected chi connectivity index (χ4v) is 2.87. The zero-order valence-corrected chi connectivity index (χ0v) is 15.8. The average molecular weight is 394 g/mol. The number of hydrogen-bond donors (Lipinski definition) is 2. The van der Waals surface area contributed by atoms with E-state index in [0.29, 0.717) is 22.4 Å². The monoisotopic (exact) mass is 394 g/mol. The van der Waals surface area contributed by atoms with Gasteiger partial charge in [-0.25, -0.2) is 8.78 Å². The highest BCUT2D eigenvalue weighted by atomic mass is 19.2. The van der Waals surface area contributed by atoms with Crippen molar-refractivity contribution >= 4 is 17.4 Å². The van der Waals surface area contributed by atoms with Crippen molar-refractivity contribution in [2.75, 3.05) is 11.9 Å². The van der Waals surface area contributed by atoms with Crippen molar-refractivity contribution < 1.29 is 18.4 Å². The summed E-state index contributed by atoms with van der Waals surface area (Å²) in [7, 11) is 0. The van der Waals surface area contributed by atoms with Crippen LogP contribution in [0.25, 0.3) is 0 Å². The standard InChI is InChI=1S/C23H20F2N2O2/c1-15(17-11-12-19(24)20(25)13-17)26-14-22(28)27-21-10-6-5-9-18(21)23(29)16-7-3-2-4-8-16/h2-13,15,26H,14H2,1H3,(H,27,28)/t15-/m1/s1. The molecule has 3 aromatic rings. The molecule has 29 heavy (non-hydrogen) atoms. The van der Waals surface area contributed by atoms with Gasteiger partial charge in [0, 0.05) is 17.2 Å². The number of nitrogens with one attached hydrogen (secondary N) is 2. The van der Waals surface area contributed by atoms with Gasteiger partial charge >= 0.3 is 0 Å². The third kappa shape index (κ3) is 5.12. The van der Waals surface area contributed by atoms with Crippen molar-refractivity contribution in [3.63, 3.8) is 0 Å². The van der Waals surface area contributed by atoms with Crippen LogP contribution in [0.4, 0.5) is 14.5 Å². The number of ketones is 1. The number of carbonyl (C=O) groups is 2. The summed E-state index contributed by atoms with van der Waals surface area (Å²) in [6.45, 7) is 1.68. The molecule has 4 nitrogen and oxygen atoms in total. The first-order valence-corrected chi connectivity index (χ1v) is 9.12. The SMILES string of the molecule is C[C@@H](NCC(=O)Nc1ccccc1C(=O)c1ccccc1)c1ccc(F)c(F)c1. The van der Waals surface area contributed by atoms with E-state index >= 15 is 0 Å². The van der Waals surface area contributed by atoms with Crippen LogP contribution in [0.2, 0.25) is 0 Å². The molecule has 3 rings (SSSR count). The van der Waals surface area contributed by atoms with Gasteiger partial charge in [0.15, 0.2) is 17.4 Å². The van der Waals surface area contributed by atoms with Crippen molar-refractivity contribution in [1.82, 2.24) is 5.32 Å². The second-order valence-electron chi connectivity index (χ2n) is 6.57. The first-order valence-electron chi connectivity index (χ1n) is 9.12. The van der Waals surface area contributed by atoms with Crippen LogP contribution in [0.5, 0.6) is 0 Å². The predicted molar refractivity (Wildman–Crippen MR) is 108 cm³/mol. The number of amides is 1. The van der Waals surface area contributed by atoms with Gasteiger partial charge in [-0.3, -0.25) is 9.59 Å². The summed E-state index contributed by atoms with van der Waals surface area (Å²) >= 11 is 0. The van der Waals surface area contributed by atoms with E-state index in [-0.39, 0.29) is 24.3 Å². The second kappa shape index (κ2) is 9.21. The Morgan fingerprint density at radius 1 is 0.897 bits per heavy atom. The molecule has 6 heteroatoms. The van der Waals surface area contributed by atoms with Crippen molar-refractivity contribution in [2.45, 2.75) is 13.0 Å². The normalized spacial score (nSPS) is 11.7. The summed E-state index contributed by atoms with van der Waals surface area (Å²) < 4.78 is 26.4. The summed E-state index contributed by atoms with van der Waals surface area (Å²) in [5.74, 6) is -2.40. The maximum absolute atomic E-state index is 13.4. The summed E-state index contributed by atoms with van der Waals surface area (Å²) in [4.78, 5) is 25.1. The van der Waals surface area contributed by atoms with Crippen molar-refractivity contribution in [1.29, 1.82) is 0 Å². The van der Waals surface area contributed by atoms with Crippen LogP contribution in [-0.2, 0) is 4.79 Å². The summed E-state index contributed by atoms with van der Waals surface area (Å²) in [5, 5.41) is 5.69. The molecule has 148 valence electrons. The van der Waals surface area contributed by atoms with Gasteiger partial charge in [0.05, 0.1) is 12.2 Å². The maximum atomic E-state index is 13.4.